The standard InChI is InChI=1S/C19H20ClNO3S/c20-15-8-10-16(11-9-15)25(23,24)13-12-19(22)21-18-7-3-5-14-4-1-2-6-17(14)18/h1-2,4,6,8-11,18H,3,5,7,12-13H2,(H,21,22)/t18-/m0/s1. The zero-order valence-electron chi connectivity index (χ0n) is 13.7. The average Bonchev–Trinajstić information content (AvgIpc) is 2.61. The molecule has 0 bridgehead atoms. The zero-order chi connectivity index (χ0) is 17.9. The molecule has 2 aromatic rings. The molecule has 1 N–H and O–H groups in total. The third kappa shape index (κ3) is 4.41. The maximum Gasteiger partial charge on any atom is 0.221 e. The molecule has 0 saturated carbocycles. The first-order valence-corrected chi connectivity index (χ1v) is 10.3. The van der Waals surface area contributed by atoms with Crippen molar-refractivity contribution < 1.29 is 13.2 Å². The van der Waals surface area contributed by atoms with Crippen molar-refractivity contribution in [3.8, 4) is 0 Å². The first-order valence-electron chi connectivity index (χ1n) is 8.31. The molecule has 0 unspecified atom stereocenters. The lowest BCUT2D eigenvalue weighted by Crippen LogP contribution is -2.32. The number of rotatable bonds is 5. The van der Waals surface area contributed by atoms with Crippen molar-refractivity contribution in [2.75, 3.05) is 5.75 Å². The van der Waals surface area contributed by atoms with Gasteiger partial charge in [0.05, 0.1) is 16.7 Å². The monoisotopic (exact) mass is 377 g/mol. The summed E-state index contributed by atoms with van der Waals surface area (Å²) >= 11 is 5.78. The Balaban J connectivity index is 1.61. The Kier molecular flexibility index (Phi) is 5.45. The van der Waals surface area contributed by atoms with E-state index in [9.17, 15) is 13.2 Å². The van der Waals surface area contributed by atoms with Gasteiger partial charge in [-0.25, -0.2) is 8.42 Å². The highest BCUT2D eigenvalue weighted by molar-refractivity contribution is 7.91. The minimum atomic E-state index is -3.49. The van der Waals surface area contributed by atoms with Crippen LogP contribution < -0.4 is 5.32 Å². The van der Waals surface area contributed by atoms with Gasteiger partial charge in [-0.15, -0.1) is 0 Å². The van der Waals surface area contributed by atoms with Crippen LogP contribution >= 0.6 is 11.6 Å². The molecule has 0 fully saturated rings. The van der Waals surface area contributed by atoms with Crippen LogP contribution in [0.2, 0.25) is 5.02 Å². The predicted molar refractivity (Wildman–Crippen MR) is 98.4 cm³/mol. The summed E-state index contributed by atoms with van der Waals surface area (Å²) in [4.78, 5) is 12.4. The van der Waals surface area contributed by atoms with Gasteiger partial charge in [0.2, 0.25) is 5.91 Å². The molecule has 0 spiro atoms. The summed E-state index contributed by atoms with van der Waals surface area (Å²) in [6.45, 7) is 0. The van der Waals surface area contributed by atoms with Gasteiger partial charge >= 0.3 is 0 Å². The molecular formula is C19H20ClNO3S. The topological polar surface area (TPSA) is 63.2 Å². The lowest BCUT2D eigenvalue weighted by atomic mass is 9.88. The maximum atomic E-state index is 12.3. The third-order valence-electron chi connectivity index (χ3n) is 4.48. The van der Waals surface area contributed by atoms with Crippen LogP contribution in [0, 0.1) is 0 Å². The van der Waals surface area contributed by atoms with Gasteiger partial charge in [0.1, 0.15) is 0 Å². The molecule has 0 aromatic heterocycles. The van der Waals surface area contributed by atoms with Crippen LogP contribution in [0.15, 0.2) is 53.4 Å². The maximum absolute atomic E-state index is 12.3. The minimum Gasteiger partial charge on any atom is -0.349 e. The molecule has 132 valence electrons. The zero-order valence-corrected chi connectivity index (χ0v) is 15.3. The molecule has 1 amide bonds. The highest BCUT2D eigenvalue weighted by atomic mass is 35.5. The molecule has 1 aliphatic rings. The van der Waals surface area contributed by atoms with E-state index in [2.05, 4.69) is 11.4 Å². The number of carbonyl (C=O) groups is 1. The number of fused-ring (bicyclic) bond motifs is 1. The van der Waals surface area contributed by atoms with Crippen molar-refractivity contribution in [3.05, 3.63) is 64.7 Å². The molecule has 6 heteroatoms. The summed E-state index contributed by atoms with van der Waals surface area (Å²) in [6, 6.07) is 14.1. The molecule has 25 heavy (non-hydrogen) atoms. The molecule has 1 atom stereocenters. The SMILES string of the molecule is O=C(CCS(=O)(=O)c1ccc(Cl)cc1)N[C@H]1CCCc2ccccc21. The Bertz CT molecular complexity index is 862. The lowest BCUT2D eigenvalue weighted by molar-refractivity contribution is -0.121. The van der Waals surface area contributed by atoms with Gasteiger partial charge in [0.15, 0.2) is 9.84 Å². The molecule has 0 saturated heterocycles. The Morgan fingerprint density at radius 2 is 1.84 bits per heavy atom. The third-order valence-corrected chi connectivity index (χ3v) is 6.46. The number of aryl methyl sites for hydroxylation is 1. The Morgan fingerprint density at radius 3 is 2.60 bits per heavy atom. The molecule has 4 nitrogen and oxygen atoms in total. The van der Waals surface area contributed by atoms with Crippen molar-refractivity contribution in [2.24, 2.45) is 0 Å². The molecule has 0 heterocycles. The molecule has 3 rings (SSSR count). The van der Waals surface area contributed by atoms with Crippen LogP contribution in [-0.4, -0.2) is 20.1 Å². The van der Waals surface area contributed by atoms with E-state index < -0.39 is 9.84 Å². The van der Waals surface area contributed by atoms with Crippen LogP contribution in [0.1, 0.15) is 36.4 Å². The predicted octanol–water partition coefficient (Wildman–Crippen LogP) is 3.70. The summed E-state index contributed by atoms with van der Waals surface area (Å²) < 4.78 is 24.6. The molecule has 0 radical (unpaired) electrons. The second-order valence-electron chi connectivity index (χ2n) is 6.23. The molecule has 2 aromatic carbocycles. The fourth-order valence-corrected chi connectivity index (χ4v) is 4.52. The number of benzene rings is 2. The first-order chi connectivity index (χ1) is 12.0. The van der Waals surface area contributed by atoms with E-state index in [1.54, 1.807) is 0 Å². The number of hydrogen-bond donors (Lipinski definition) is 1. The van der Waals surface area contributed by atoms with Gasteiger partial charge < -0.3 is 5.32 Å². The second kappa shape index (κ2) is 7.58. The van der Waals surface area contributed by atoms with E-state index in [0.717, 1.165) is 24.8 Å². The van der Waals surface area contributed by atoms with Crippen molar-refractivity contribution in [1.82, 2.24) is 5.32 Å². The molecular weight excluding hydrogens is 358 g/mol. The number of carbonyl (C=O) groups excluding carboxylic acids is 1. The second-order valence-corrected chi connectivity index (χ2v) is 8.78. The van der Waals surface area contributed by atoms with Gasteiger partial charge in [0.25, 0.3) is 0 Å². The highest BCUT2D eigenvalue weighted by Crippen LogP contribution is 2.29. The number of hydrogen-bond acceptors (Lipinski definition) is 3. The van der Waals surface area contributed by atoms with E-state index >= 15 is 0 Å². The summed E-state index contributed by atoms with van der Waals surface area (Å²) in [5, 5.41) is 3.46. The fraction of sp³-hybridized carbons (Fsp3) is 0.316. The van der Waals surface area contributed by atoms with Crippen LogP contribution in [0.25, 0.3) is 0 Å². The van der Waals surface area contributed by atoms with Gasteiger partial charge in [-0.3, -0.25) is 4.79 Å². The Hall–Kier alpha value is -1.85. The van der Waals surface area contributed by atoms with Crippen molar-refractivity contribution in [2.45, 2.75) is 36.6 Å². The van der Waals surface area contributed by atoms with Crippen molar-refractivity contribution >= 4 is 27.3 Å². The fourth-order valence-electron chi connectivity index (χ4n) is 3.16. The van der Waals surface area contributed by atoms with Crippen LogP contribution in [0.3, 0.4) is 0 Å². The summed E-state index contributed by atoms with van der Waals surface area (Å²) in [5.41, 5.74) is 2.40. The van der Waals surface area contributed by atoms with Crippen molar-refractivity contribution in [1.29, 1.82) is 0 Å². The Morgan fingerprint density at radius 1 is 1.12 bits per heavy atom. The highest BCUT2D eigenvalue weighted by Gasteiger charge is 2.22. The van der Waals surface area contributed by atoms with E-state index in [0.29, 0.717) is 5.02 Å². The first kappa shape index (κ1) is 18.0. The normalized spacial score (nSPS) is 16.9. The quantitative estimate of drug-likeness (QED) is 0.864. The number of amides is 1. The number of halogens is 1. The van der Waals surface area contributed by atoms with Gasteiger partial charge in [-0.05, 0) is 54.7 Å². The smallest absolute Gasteiger partial charge is 0.221 e. The van der Waals surface area contributed by atoms with Crippen LogP contribution in [0.4, 0.5) is 0 Å². The number of nitrogens with one attached hydrogen (secondary N) is 1. The summed E-state index contributed by atoms with van der Waals surface area (Å²) in [6.07, 6.45) is 2.87. The molecule has 0 aliphatic heterocycles. The summed E-state index contributed by atoms with van der Waals surface area (Å²) in [7, 11) is -3.49. The van der Waals surface area contributed by atoms with E-state index in [1.807, 2.05) is 18.2 Å². The van der Waals surface area contributed by atoms with Crippen LogP contribution in [-0.2, 0) is 21.1 Å². The van der Waals surface area contributed by atoms with Gasteiger partial charge in [0, 0.05) is 11.4 Å². The van der Waals surface area contributed by atoms with Crippen LogP contribution in [0.5, 0.6) is 0 Å². The van der Waals surface area contributed by atoms with E-state index in [-0.39, 0.29) is 29.0 Å². The Labute approximate surface area is 153 Å². The summed E-state index contributed by atoms with van der Waals surface area (Å²) in [5.74, 6) is -0.450. The largest absolute Gasteiger partial charge is 0.349 e. The van der Waals surface area contributed by atoms with Gasteiger partial charge in [-0.1, -0.05) is 35.9 Å². The average molecular weight is 378 g/mol. The van der Waals surface area contributed by atoms with E-state index in [4.69, 9.17) is 11.6 Å². The van der Waals surface area contributed by atoms with Crippen molar-refractivity contribution in [3.63, 3.8) is 0 Å². The van der Waals surface area contributed by atoms with Gasteiger partial charge in [-0.2, -0.15) is 0 Å². The molecule has 1 aliphatic carbocycles. The lowest BCUT2D eigenvalue weighted by Gasteiger charge is -2.26. The number of sulfone groups is 1. The minimum absolute atomic E-state index is 0.0318. The van der Waals surface area contributed by atoms with E-state index in [1.165, 1.54) is 29.8 Å².